The van der Waals surface area contributed by atoms with E-state index in [0.29, 0.717) is 12.6 Å². The number of ether oxygens (including phenoxy) is 2. The first kappa shape index (κ1) is 11.0. The van der Waals surface area contributed by atoms with Crippen LogP contribution in [0.4, 0.5) is 0 Å². The number of hydrogen-bond donors (Lipinski definition) is 2. The molecule has 2 bridgehead atoms. The van der Waals surface area contributed by atoms with Gasteiger partial charge in [-0.25, -0.2) is 0 Å². The van der Waals surface area contributed by atoms with Crippen molar-refractivity contribution in [3.63, 3.8) is 0 Å². The van der Waals surface area contributed by atoms with Crippen LogP contribution in [-0.4, -0.2) is 42.7 Å². The SMILES string of the molecule is NCC1(C(O)C2CCCO2)CC2CCC1O2. The second-order valence-electron chi connectivity index (χ2n) is 5.46. The van der Waals surface area contributed by atoms with Crippen LogP contribution in [0.5, 0.6) is 0 Å². The molecule has 0 aromatic rings. The van der Waals surface area contributed by atoms with Gasteiger partial charge < -0.3 is 20.3 Å². The predicted molar refractivity (Wildman–Crippen MR) is 59.0 cm³/mol. The molecule has 5 unspecified atom stereocenters. The van der Waals surface area contributed by atoms with Gasteiger partial charge in [-0.3, -0.25) is 0 Å². The van der Waals surface area contributed by atoms with Gasteiger partial charge in [0.1, 0.15) is 0 Å². The third-order valence-corrected chi connectivity index (χ3v) is 4.64. The Balaban J connectivity index is 1.79. The predicted octanol–water partition coefficient (Wildman–Crippen LogP) is 0.423. The average molecular weight is 227 g/mol. The summed E-state index contributed by atoms with van der Waals surface area (Å²) in [6.07, 6.45) is 5.11. The molecule has 92 valence electrons. The highest BCUT2D eigenvalue weighted by atomic mass is 16.5. The summed E-state index contributed by atoms with van der Waals surface area (Å²) >= 11 is 0. The Hall–Kier alpha value is -0.160. The Morgan fingerprint density at radius 1 is 1.38 bits per heavy atom. The van der Waals surface area contributed by atoms with Gasteiger partial charge in [0.05, 0.1) is 24.4 Å². The van der Waals surface area contributed by atoms with E-state index in [4.69, 9.17) is 15.2 Å². The second-order valence-corrected chi connectivity index (χ2v) is 5.46. The van der Waals surface area contributed by atoms with Crippen molar-refractivity contribution in [2.24, 2.45) is 11.1 Å². The van der Waals surface area contributed by atoms with Crippen LogP contribution in [0.2, 0.25) is 0 Å². The number of nitrogens with two attached hydrogens (primary N) is 1. The molecule has 3 saturated heterocycles. The molecule has 5 atom stereocenters. The topological polar surface area (TPSA) is 64.7 Å². The maximum absolute atomic E-state index is 10.5. The summed E-state index contributed by atoms with van der Waals surface area (Å²) in [6, 6.07) is 0. The molecule has 4 nitrogen and oxygen atoms in total. The number of rotatable bonds is 3. The van der Waals surface area contributed by atoms with Gasteiger partial charge in [0.2, 0.25) is 0 Å². The molecule has 3 heterocycles. The van der Waals surface area contributed by atoms with E-state index in [-0.39, 0.29) is 17.6 Å². The van der Waals surface area contributed by atoms with Crippen LogP contribution in [0.25, 0.3) is 0 Å². The maximum Gasteiger partial charge on any atom is 0.0895 e. The quantitative estimate of drug-likeness (QED) is 0.733. The fourth-order valence-corrected chi connectivity index (χ4v) is 3.70. The molecule has 0 saturated carbocycles. The Morgan fingerprint density at radius 3 is 2.75 bits per heavy atom. The first-order valence-electron chi connectivity index (χ1n) is 6.41. The van der Waals surface area contributed by atoms with Crippen molar-refractivity contribution in [2.75, 3.05) is 13.2 Å². The molecule has 3 N–H and O–H groups in total. The van der Waals surface area contributed by atoms with Crippen molar-refractivity contribution in [1.82, 2.24) is 0 Å². The van der Waals surface area contributed by atoms with Crippen molar-refractivity contribution in [1.29, 1.82) is 0 Å². The summed E-state index contributed by atoms with van der Waals surface area (Å²) < 4.78 is 11.5. The van der Waals surface area contributed by atoms with E-state index in [9.17, 15) is 5.11 Å². The van der Waals surface area contributed by atoms with Gasteiger partial charge in [0, 0.05) is 18.6 Å². The number of aliphatic hydroxyl groups is 1. The van der Waals surface area contributed by atoms with E-state index in [1.807, 2.05) is 0 Å². The zero-order valence-electron chi connectivity index (χ0n) is 9.60. The minimum atomic E-state index is -0.449. The van der Waals surface area contributed by atoms with Crippen LogP contribution < -0.4 is 5.73 Å². The standard InChI is InChI=1S/C12H21NO3/c13-7-12(6-8-3-4-10(12)16-8)11(14)9-2-1-5-15-9/h8-11,14H,1-7,13H2. The molecule has 3 rings (SSSR count). The summed E-state index contributed by atoms with van der Waals surface area (Å²) in [5.74, 6) is 0. The van der Waals surface area contributed by atoms with E-state index in [1.54, 1.807) is 0 Å². The fourth-order valence-electron chi connectivity index (χ4n) is 3.70. The minimum Gasteiger partial charge on any atom is -0.390 e. The molecule has 3 aliphatic heterocycles. The lowest BCUT2D eigenvalue weighted by molar-refractivity contribution is -0.0949. The molecule has 4 heteroatoms. The lowest BCUT2D eigenvalue weighted by Gasteiger charge is -2.40. The number of fused-ring (bicyclic) bond motifs is 2. The van der Waals surface area contributed by atoms with Crippen LogP contribution in [0.3, 0.4) is 0 Å². The fraction of sp³-hybridized carbons (Fsp3) is 1.00. The monoisotopic (exact) mass is 227 g/mol. The molecule has 3 fully saturated rings. The molecule has 3 aliphatic rings. The zero-order valence-corrected chi connectivity index (χ0v) is 9.60. The van der Waals surface area contributed by atoms with Crippen molar-refractivity contribution < 1.29 is 14.6 Å². The Morgan fingerprint density at radius 2 is 2.25 bits per heavy atom. The normalized spacial score (nSPS) is 48.8. The number of aliphatic hydroxyl groups excluding tert-OH is 1. The van der Waals surface area contributed by atoms with Gasteiger partial charge in [-0.2, -0.15) is 0 Å². The highest BCUT2D eigenvalue weighted by Gasteiger charge is 2.57. The van der Waals surface area contributed by atoms with Crippen molar-refractivity contribution in [3.8, 4) is 0 Å². The summed E-state index contributed by atoms with van der Waals surface area (Å²) in [5.41, 5.74) is 5.69. The van der Waals surface area contributed by atoms with Gasteiger partial charge in [-0.1, -0.05) is 0 Å². The van der Waals surface area contributed by atoms with Crippen molar-refractivity contribution in [3.05, 3.63) is 0 Å². The molecule has 0 spiro atoms. The molecular weight excluding hydrogens is 206 g/mol. The third-order valence-electron chi connectivity index (χ3n) is 4.64. The molecule has 16 heavy (non-hydrogen) atoms. The summed E-state index contributed by atoms with van der Waals surface area (Å²) in [5, 5.41) is 10.5. The van der Waals surface area contributed by atoms with Gasteiger partial charge in [0.15, 0.2) is 0 Å². The third kappa shape index (κ3) is 1.44. The lowest BCUT2D eigenvalue weighted by Crippen LogP contribution is -2.53. The van der Waals surface area contributed by atoms with Crippen LogP contribution in [0.1, 0.15) is 32.1 Å². The van der Waals surface area contributed by atoms with E-state index in [2.05, 4.69) is 0 Å². The highest BCUT2D eigenvalue weighted by molar-refractivity contribution is 5.07. The Kier molecular flexibility index (Phi) is 2.70. The van der Waals surface area contributed by atoms with Crippen LogP contribution in [0.15, 0.2) is 0 Å². The van der Waals surface area contributed by atoms with Crippen molar-refractivity contribution >= 4 is 0 Å². The van der Waals surface area contributed by atoms with Gasteiger partial charge in [0.25, 0.3) is 0 Å². The Labute approximate surface area is 96.1 Å². The van der Waals surface area contributed by atoms with E-state index >= 15 is 0 Å². The van der Waals surface area contributed by atoms with Crippen LogP contribution >= 0.6 is 0 Å². The smallest absolute Gasteiger partial charge is 0.0895 e. The minimum absolute atomic E-state index is 0.0218. The van der Waals surface area contributed by atoms with Gasteiger partial charge >= 0.3 is 0 Å². The largest absolute Gasteiger partial charge is 0.390 e. The highest BCUT2D eigenvalue weighted by Crippen LogP contribution is 2.50. The molecule has 0 aliphatic carbocycles. The maximum atomic E-state index is 10.5. The average Bonchev–Trinajstić information content (AvgIpc) is 3.03. The second kappa shape index (κ2) is 3.95. The number of hydrogen-bond acceptors (Lipinski definition) is 4. The van der Waals surface area contributed by atoms with E-state index < -0.39 is 6.10 Å². The van der Waals surface area contributed by atoms with E-state index in [0.717, 1.165) is 38.7 Å². The summed E-state index contributed by atoms with van der Waals surface area (Å²) in [7, 11) is 0. The first-order chi connectivity index (χ1) is 7.76. The molecule has 0 aromatic heterocycles. The van der Waals surface area contributed by atoms with Crippen molar-refractivity contribution in [2.45, 2.75) is 56.5 Å². The van der Waals surface area contributed by atoms with Gasteiger partial charge in [-0.05, 0) is 32.1 Å². The summed E-state index contributed by atoms with van der Waals surface area (Å²) in [6.45, 7) is 1.28. The van der Waals surface area contributed by atoms with Crippen LogP contribution in [-0.2, 0) is 9.47 Å². The molecular formula is C12H21NO3. The molecule has 0 aromatic carbocycles. The van der Waals surface area contributed by atoms with Gasteiger partial charge in [-0.15, -0.1) is 0 Å². The van der Waals surface area contributed by atoms with Crippen LogP contribution in [0, 0.1) is 5.41 Å². The first-order valence-corrected chi connectivity index (χ1v) is 6.41. The molecule has 0 radical (unpaired) electrons. The zero-order chi connectivity index (χ0) is 11.2. The molecule has 0 amide bonds. The lowest BCUT2D eigenvalue weighted by atomic mass is 9.68. The Bertz CT molecular complexity index is 267. The van der Waals surface area contributed by atoms with E-state index in [1.165, 1.54) is 0 Å². The summed E-state index contributed by atoms with van der Waals surface area (Å²) in [4.78, 5) is 0.